The molecule has 0 aliphatic carbocycles. The molecule has 1 saturated heterocycles. The maximum atomic E-state index is 13.4. The van der Waals surface area contributed by atoms with Gasteiger partial charge in [-0.15, -0.1) is 11.3 Å². The summed E-state index contributed by atoms with van der Waals surface area (Å²) in [5, 5.41) is 16.6. The summed E-state index contributed by atoms with van der Waals surface area (Å²) in [5.41, 5.74) is 1.85. The largest absolute Gasteiger partial charge is 0.462 e. The van der Waals surface area contributed by atoms with Gasteiger partial charge in [0.1, 0.15) is 22.1 Å². The van der Waals surface area contributed by atoms with Crippen molar-refractivity contribution in [1.82, 2.24) is 4.90 Å². The lowest BCUT2D eigenvalue weighted by molar-refractivity contribution is -0.384. The summed E-state index contributed by atoms with van der Waals surface area (Å²) in [6, 6.07) is 10.3. The molecule has 2 aromatic carbocycles. The number of hydrogen-bond donors (Lipinski definition) is 1. The molecule has 0 atom stereocenters. The number of hydrogen-bond acceptors (Lipinski definition) is 8. The van der Waals surface area contributed by atoms with Gasteiger partial charge in [0, 0.05) is 48.2 Å². The predicted molar refractivity (Wildman–Crippen MR) is 141 cm³/mol. The average Bonchev–Trinajstić information content (AvgIpc) is 3.28. The van der Waals surface area contributed by atoms with Crippen LogP contribution in [-0.4, -0.2) is 61.0 Å². The molecular formula is C25H24ClFN4O5S. The van der Waals surface area contributed by atoms with E-state index < -0.39 is 16.7 Å². The summed E-state index contributed by atoms with van der Waals surface area (Å²) < 4.78 is 18.6. The van der Waals surface area contributed by atoms with Gasteiger partial charge >= 0.3 is 5.97 Å². The molecule has 9 nitrogen and oxygen atoms in total. The van der Waals surface area contributed by atoms with Crippen molar-refractivity contribution in [3.8, 4) is 11.1 Å². The number of amides is 1. The summed E-state index contributed by atoms with van der Waals surface area (Å²) in [6.45, 7) is 3.98. The molecular weight excluding hydrogens is 523 g/mol. The van der Waals surface area contributed by atoms with E-state index in [0.717, 1.165) is 0 Å². The Morgan fingerprint density at radius 3 is 2.51 bits per heavy atom. The number of benzene rings is 2. The van der Waals surface area contributed by atoms with Crippen LogP contribution in [0.15, 0.2) is 47.8 Å². The molecule has 2 heterocycles. The number of nitro benzene ring substituents is 1. The van der Waals surface area contributed by atoms with Gasteiger partial charge in [-0.25, -0.2) is 9.18 Å². The van der Waals surface area contributed by atoms with E-state index in [1.807, 2.05) is 9.80 Å². The molecule has 12 heteroatoms. The molecule has 1 N–H and O–H groups in total. The number of thiophene rings is 1. The number of carbonyl (C=O) groups excluding carboxylic acids is 2. The van der Waals surface area contributed by atoms with Crippen LogP contribution in [0, 0.1) is 15.9 Å². The molecule has 0 radical (unpaired) electrons. The number of ether oxygens (including phenoxy) is 1. The lowest BCUT2D eigenvalue weighted by atomic mass is 10.0. The number of halogens is 2. The van der Waals surface area contributed by atoms with Crippen LogP contribution < -0.4 is 10.2 Å². The van der Waals surface area contributed by atoms with Gasteiger partial charge in [0.05, 0.1) is 18.1 Å². The zero-order chi connectivity index (χ0) is 26.5. The number of esters is 1. The van der Waals surface area contributed by atoms with Crippen LogP contribution in [0.5, 0.6) is 0 Å². The molecule has 194 valence electrons. The van der Waals surface area contributed by atoms with Crippen molar-refractivity contribution in [3.63, 3.8) is 0 Å². The Hall–Kier alpha value is -3.54. The lowest BCUT2D eigenvalue weighted by Crippen LogP contribution is -2.48. The van der Waals surface area contributed by atoms with E-state index in [4.69, 9.17) is 16.3 Å². The fourth-order valence-electron chi connectivity index (χ4n) is 4.12. The number of nitro groups is 1. The average molecular weight is 547 g/mol. The molecule has 1 aromatic heterocycles. The van der Waals surface area contributed by atoms with Gasteiger partial charge in [-0.2, -0.15) is 0 Å². The first-order valence-corrected chi connectivity index (χ1v) is 12.8. The summed E-state index contributed by atoms with van der Waals surface area (Å²) in [7, 11) is 0. The second kappa shape index (κ2) is 11.7. The molecule has 1 fully saturated rings. The van der Waals surface area contributed by atoms with Gasteiger partial charge in [0.2, 0.25) is 5.91 Å². The quantitative estimate of drug-likeness (QED) is 0.239. The Labute approximate surface area is 221 Å². The first kappa shape index (κ1) is 26.5. The van der Waals surface area contributed by atoms with E-state index in [2.05, 4.69) is 5.32 Å². The highest BCUT2D eigenvalue weighted by Crippen LogP contribution is 2.36. The predicted octanol–water partition coefficient (Wildman–Crippen LogP) is 5.05. The Morgan fingerprint density at radius 1 is 1.16 bits per heavy atom. The third-order valence-corrected chi connectivity index (χ3v) is 7.02. The van der Waals surface area contributed by atoms with E-state index in [1.54, 1.807) is 36.6 Å². The maximum Gasteiger partial charge on any atom is 0.341 e. The van der Waals surface area contributed by atoms with Crippen LogP contribution in [0.25, 0.3) is 11.1 Å². The fourth-order valence-corrected chi connectivity index (χ4v) is 5.26. The van der Waals surface area contributed by atoms with Gasteiger partial charge in [0.15, 0.2) is 0 Å². The van der Waals surface area contributed by atoms with Gasteiger partial charge in [-0.05, 0) is 36.8 Å². The van der Waals surface area contributed by atoms with Crippen LogP contribution in [0.4, 0.5) is 20.8 Å². The van der Waals surface area contributed by atoms with Crippen molar-refractivity contribution in [2.45, 2.75) is 6.92 Å². The smallest absolute Gasteiger partial charge is 0.341 e. The maximum absolute atomic E-state index is 13.4. The summed E-state index contributed by atoms with van der Waals surface area (Å²) in [6.07, 6.45) is 0. The van der Waals surface area contributed by atoms with Crippen molar-refractivity contribution in [1.29, 1.82) is 0 Å². The Kier molecular flexibility index (Phi) is 8.37. The first-order chi connectivity index (χ1) is 17.8. The molecule has 1 amide bonds. The number of rotatable bonds is 8. The van der Waals surface area contributed by atoms with E-state index >= 15 is 0 Å². The van der Waals surface area contributed by atoms with Crippen LogP contribution in [0.2, 0.25) is 5.02 Å². The monoisotopic (exact) mass is 546 g/mol. The number of anilines is 2. The zero-order valence-electron chi connectivity index (χ0n) is 19.9. The van der Waals surface area contributed by atoms with E-state index in [-0.39, 0.29) is 30.3 Å². The summed E-state index contributed by atoms with van der Waals surface area (Å²) in [5.74, 6) is -1.27. The van der Waals surface area contributed by atoms with Crippen molar-refractivity contribution < 1.29 is 23.6 Å². The second-order valence-electron chi connectivity index (χ2n) is 8.28. The standard InChI is InChI=1S/C25H24ClFN4O5S/c1-2-36-25(33)23-19(16-3-6-18(27)7-4-16)15-37-24(23)28-22(32)14-29-9-11-30(12-10-29)20-8-5-17(26)13-21(20)31(34)35/h3-8,13,15H,2,9-12,14H2,1H3,(H,28,32). The minimum atomic E-state index is -0.573. The Bertz CT molecular complexity index is 1310. The topological polar surface area (TPSA) is 105 Å². The van der Waals surface area contributed by atoms with Crippen molar-refractivity contribution in [2.24, 2.45) is 0 Å². The first-order valence-electron chi connectivity index (χ1n) is 11.5. The third-order valence-electron chi connectivity index (χ3n) is 5.89. The highest BCUT2D eigenvalue weighted by molar-refractivity contribution is 7.15. The van der Waals surface area contributed by atoms with E-state index in [0.29, 0.717) is 53.0 Å². The Morgan fingerprint density at radius 2 is 1.86 bits per heavy atom. The SMILES string of the molecule is CCOC(=O)c1c(-c2ccc(F)cc2)csc1NC(=O)CN1CCN(c2ccc(Cl)cc2[N+](=O)[O-])CC1. The Balaban J connectivity index is 1.42. The van der Waals surface area contributed by atoms with Crippen molar-refractivity contribution in [2.75, 3.05) is 49.5 Å². The minimum Gasteiger partial charge on any atom is -0.462 e. The van der Waals surface area contributed by atoms with Crippen LogP contribution >= 0.6 is 22.9 Å². The van der Waals surface area contributed by atoms with E-state index in [1.165, 1.54) is 29.5 Å². The number of carbonyl (C=O) groups is 2. The van der Waals surface area contributed by atoms with Crippen LogP contribution in [0.3, 0.4) is 0 Å². The minimum absolute atomic E-state index is 0.0557. The van der Waals surface area contributed by atoms with E-state index in [9.17, 15) is 24.1 Å². The fraction of sp³-hybridized carbons (Fsp3) is 0.280. The van der Waals surface area contributed by atoms with Crippen LogP contribution in [0.1, 0.15) is 17.3 Å². The van der Waals surface area contributed by atoms with Crippen LogP contribution in [-0.2, 0) is 9.53 Å². The molecule has 4 rings (SSSR count). The number of piperazine rings is 1. The lowest BCUT2D eigenvalue weighted by Gasteiger charge is -2.35. The molecule has 3 aromatic rings. The van der Waals surface area contributed by atoms with Gasteiger partial charge < -0.3 is 15.0 Å². The van der Waals surface area contributed by atoms with Gasteiger partial charge in [0.25, 0.3) is 5.69 Å². The molecule has 0 saturated carbocycles. The zero-order valence-corrected chi connectivity index (χ0v) is 21.5. The van der Waals surface area contributed by atoms with Gasteiger partial charge in [-0.3, -0.25) is 19.8 Å². The third kappa shape index (κ3) is 6.24. The van der Waals surface area contributed by atoms with Gasteiger partial charge in [-0.1, -0.05) is 23.7 Å². The number of nitrogens with one attached hydrogen (secondary N) is 1. The molecule has 1 aliphatic heterocycles. The second-order valence-corrected chi connectivity index (χ2v) is 9.60. The summed E-state index contributed by atoms with van der Waals surface area (Å²) in [4.78, 5) is 40.4. The van der Waals surface area contributed by atoms with Crippen molar-refractivity contribution >= 4 is 51.2 Å². The summed E-state index contributed by atoms with van der Waals surface area (Å²) >= 11 is 7.11. The normalized spacial score (nSPS) is 13.9. The molecule has 0 bridgehead atoms. The van der Waals surface area contributed by atoms with Crippen molar-refractivity contribution in [3.05, 3.63) is 74.4 Å². The molecule has 0 spiro atoms. The molecule has 0 unspecified atom stereocenters. The highest BCUT2D eigenvalue weighted by atomic mass is 35.5. The number of nitrogens with zero attached hydrogens (tertiary/aromatic N) is 3. The molecule has 1 aliphatic rings. The highest BCUT2D eigenvalue weighted by Gasteiger charge is 2.26. The molecule has 37 heavy (non-hydrogen) atoms.